The van der Waals surface area contributed by atoms with E-state index < -0.39 is 0 Å². The number of fused-ring (bicyclic) bond motifs is 4. The molecule has 0 spiro atoms. The molecule has 0 aliphatic carbocycles. The molecular formula is C22H28N4O2. The van der Waals surface area contributed by atoms with Crippen molar-refractivity contribution in [3.8, 4) is 0 Å². The van der Waals surface area contributed by atoms with Gasteiger partial charge in [0.2, 0.25) is 0 Å². The molecule has 5 rings (SSSR count). The van der Waals surface area contributed by atoms with Crippen molar-refractivity contribution >= 4 is 5.91 Å². The summed E-state index contributed by atoms with van der Waals surface area (Å²) in [7, 11) is 0. The Morgan fingerprint density at radius 2 is 2.00 bits per heavy atom. The molecule has 148 valence electrons. The van der Waals surface area contributed by atoms with Gasteiger partial charge in [0.25, 0.3) is 11.5 Å². The topological polar surface area (TPSA) is 69.3 Å². The molecule has 6 nitrogen and oxygen atoms in total. The number of hydrogen-bond acceptors (Lipinski definition) is 4. The number of carbonyl (C=O) groups excluding carboxylic acids is 1. The first-order chi connectivity index (χ1) is 13.6. The molecule has 3 saturated heterocycles. The zero-order valence-corrected chi connectivity index (χ0v) is 16.4. The number of nitrogens with one attached hydrogen (secondary N) is 1. The van der Waals surface area contributed by atoms with E-state index in [0.717, 1.165) is 51.9 Å². The van der Waals surface area contributed by atoms with E-state index in [1.807, 2.05) is 4.90 Å². The monoisotopic (exact) mass is 380 g/mol. The molecule has 3 aliphatic rings. The van der Waals surface area contributed by atoms with Gasteiger partial charge < -0.3 is 14.8 Å². The molecule has 2 atom stereocenters. The predicted octanol–water partition coefficient (Wildman–Crippen LogP) is 2.25. The fourth-order valence-electron chi connectivity index (χ4n) is 4.55. The van der Waals surface area contributed by atoms with Gasteiger partial charge in [-0.15, -0.1) is 0 Å². The fourth-order valence-corrected chi connectivity index (χ4v) is 4.55. The third-order valence-electron chi connectivity index (χ3n) is 5.99. The number of nitrogens with zero attached hydrogens (tertiary/aromatic N) is 3. The van der Waals surface area contributed by atoms with Gasteiger partial charge in [-0.3, -0.25) is 9.59 Å². The van der Waals surface area contributed by atoms with Gasteiger partial charge in [-0.2, -0.15) is 0 Å². The average Bonchev–Trinajstić information content (AvgIpc) is 2.99. The number of rotatable bonds is 5. The van der Waals surface area contributed by atoms with Crippen LogP contribution >= 0.6 is 0 Å². The van der Waals surface area contributed by atoms with Crippen LogP contribution in [0.15, 0.2) is 41.3 Å². The maximum Gasteiger partial charge on any atom is 0.263 e. The van der Waals surface area contributed by atoms with Crippen LogP contribution in [0.1, 0.15) is 41.0 Å². The molecular weight excluding hydrogens is 352 g/mol. The van der Waals surface area contributed by atoms with Gasteiger partial charge in [0.1, 0.15) is 11.4 Å². The standard InChI is InChI=1S/C22H28N4O2/c1-16-23-12-20(21(27)24-16)22(28)26-14-18-9-10-19(26)15-25(13-18)11-5-8-17-6-3-2-4-7-17/h2-4,6-7,12,18-19H,5,8-11,13-15H2,1H3,(H,23,24,27)/t18-,19+/m0/s1. The van der Waals surface area contributed by atoms with Crippen molar-refractivity contribution in [3.05, 3.63) is 63.8 Å². The SMILES string of the molecule is Cc1ncc(C(=O)N2C[C@H]3CC[C@@H]2CN(CCCc2ccccc2)C3)c(=O)[nH]1. The highest BCUT2D eigenvalue weighted by molar-refractivity contribution is 5.93. The number of hydrogen-bond donors (Lipinski definition) is 1. The van der Waals surface area contributed by atoms with Crippen LogP contribution < -0.4 is 5.56 Å². The maximum atomic E-state index is 13.0. The zero-order valence-electron chi connectivity index (χ0n) is 16.4. The van der Waals surface area contributed by atoms with E-state index in [1.165, 1.54) is 11.8 Å². The highest BCUT2D eigenvalue weighted by Crippen LogP contribution is 2.29. The van der Waals surface area contributed by atoms with E-state index in [0.29, 0.717) is 11.7 Å². The minimum atomic E-state index is -0.336. The molecule has 1 aromatic heterocycles. The van der Waals surface area contributed by atoms with Crippen molar-refractivity contribution in [1.29, 1.82) is 0 Å². The molecule has 0 radical (unpaired) electrons. The number of aromatic amines is 1. The molecule has 0 unspecified atom stereocenters. The average molecular weight is 380 g/mol. The Balaban J connectivity index is 1.40. The van der Waals surface area contributed by atoms with Crippen LogP contribution in [0, 0.1) is 12.8 Å². The largest absolute Gasteiger partial charge is 0.334 e. The summed E-state index contributed by atoms with van der Waals surface area (Å²) in [6.45, 7) is 5.45. The lowest BCUT2D eigenvalue weighted by Gasteiger charge is -2.36. The molecule has 6 heteroatoms. The summed E-state index contributed by atoms with van der Waals surface area (Å²) in [6.07, 6.45) is 5.81. The third-order valence-corrected chi connectivity index (χ3v) is 5.99. The number of piperidine rings is 1. The minimum absolute atomic E-state index is 0.161. The summed E-state index contributed by atoms with van der Waals surface area (Å²) in [4.78, 5) is 36.4. The number of aromatic nitrogens is 2. The lowest BCUT2D eigenvalue weighted by Crippen LogP contribution is -2.48. The van der Waals surface area contributed by atoms with E-state index in [2.05, 4.69) is 45.2 Å². The van der Waals surface area contributed by atoms with Crippen molar-refractivity contribution in [2.75, 3.05) is 26.2 Å². The smallest absolute Gasteiger partial charge is 0.263 e. The van der Waals surface area contributed by atoms with Gasteiger partial charge >= 0.3 is 0 Å². The Morgan fingerprint density at radius 1 is 1.18 bits per heavy atom. The second-order valence-corrected chi connectivity index (χ2v) is 8.11. The van der Waals surface area contributed by atoms with Crippen molar-refractivity contribution in [2.24, 2.45) is 5.92 Å². The minimum Gasteiger partial charge on any atom is -0.334 e. The van der Waals surface area contributed by atoms with Crippen molar-refractivity contribution < 1.29 is 4.79 Å². The van der Waals surface area contributed by atoms with Crippen molar-refractivity contribution in [2.45, 2.75) is 38.6 Å². The number of aryl methyl sites for hydroxylation is 2. The first-order valence-electron chi connectivity index (χ1n) is 10.2. The molecule has 28 heavy (non-hydrogen) atoms. The summed E-state index contributed by atoms with van der Waals surface area (Å²) in [5, 5.41) is 0. The third kappa shape index (κ3) is 4.17. The molecule has 0 saturated carbocycles. The number of H-pyrrole nitrogens is 1. The summed E-state index contributed by atoms with van der Waals surface area (Å²) in [5.74, 6) is 0.843. The highest BCUT2D eigenvalue weighted by Gasteiger charge is 2.37. The zero-order chi connectivity index (χ0) is 19.5. The van der Waals surface area contributed by atoms with Gasteiger partial charge in [0.15, 0.2) is 0 Å². The molecule has 1 N–H and O–H groups in total. The summed E-state index contributed by atoms with van der Waals surface area (Å²) < 4.78 is 0. The second kappa shape index (κ2) is 8.27. The predicted molar refractivity (Wildman–Crippen MR) is 108 cm³/mol. The van der Waals surface area contributed by atoms with Crippen molar-refractivity contribution in [3.63, 3.8) is 0 Å². The first-order valence-corrected chi connectivity index (χ1v) is 10.2. The lowest BCUT2D eigenvalue weighted by molar-refractivity contribution is 0.0583. The van der Waals surface area contributed by atoms with Crippen LogP contribution in [0.25, 0.3) is 0 Å². The quantitative estimate of drug-likeness (QED) is 0.864. The molecule has 3 aliphatic heterocycles. The number of benzene rings is 1. The Morgan fingerprint density at radius 3 is 2.79 bits per heavy atom. The van der Waals surface area contributed by atoms with Gasteiger partial charge in [-0.25, -0.2) is 4.98 Å². The fraction of sp³-hybridized carbons (Fsp3) is 0.500. The molecule has 2 bridgehead atoms. The van der Waals surface area contributed by atoms with Crippen LogP contribution in [0.5, 0.6) is 0 Å². The summed E-state index contributed by atoms with van der Waals surface area (Å²) >= 11 is 0. The van der Waals surface area contributed by atoms with E-state index in [-0.39, 0.29) is 23.1 Å². The molecule has 1 amide bonds. The normalized spacial score (nSPS) is 22.2. The van der Waals surface area contributed by atoms with E-state index >= 15 is 0 Å². The van der Waals surface area contributed by atoms with Gasteiger partial charge in [-0.1, -0.05) is 30.3 Å². The summed E-state index contributed by atoms with van der Waals surface area (Å²) in [5.41, 5.74) is 1.20. The lowest BCUT2D eigenvalue weighted by atomic mass is 9.94. The Kier molecular flexibility index (Phi) is 5.57. The van der Waals surface area contributed by atoms with Crippen molar-refractivity contribution in [1.82, 2.24) is 19.8 Å². The molecule has 2 aromatic rings. The Labute approximate surface area is 165 Å². The molecule has 3 fully saturated rings. The van der Waals surface area contributed by atoms with Crippen LogP contribution in [0.2, 0.25) is 0 Å². The van der Waals surface area contributed by atoms with Crippen LogP contribution in [-0.4, -0.2) is 57.9 Å². The first kappa shape index (κ1) is 18.9. The maximum absolute atomic E-state index is 13.0. The van der Waals surface area contributed by atoms with Gasteiger partial charge in [0.05, 0.1) is 0 Å². The van der Waals surface area contributed by atoms with Crippen LogP contribution in [0.4, 0.5) is 0 Å². The molecule has 1 aromatic carbocycles. The van der Waals surface area contributed by atoms with Crippen LogP contribution in [-0.2, 0) is 6.42 Å². The van der Waals surface area contributed by atoms with Crippen LogP contribution in [0.3, 0.4) is 0 Å². The van der Waals surface area contributed by atoms with E-state index in [4.69, 9.17) is 0 Å². The molecule has 4 heterocycles. The number of carbonyl (C=O) groups is 1. The van der Waals surface area contributed by atoms with Gasteiger partial charge in [0, 0.05) is 31.9 Å². The second-order valence-electron chi connectivity index (χ2n) is 8.11. The van der Waals surface area contributed by atoms with E-state index in [9.17, 15) is 9.59 Å². The summed E-state index contributed by atoms with van der Waals surface area (Å²) in [6, 6.07) is 10.8. The highest BCUT2D eigenvalue weighted by atomic mass is 16.2. The Bertz CT molecular complexity index is 880. The Hall–Kier alpha value is -2.47. The number of amides is 1. The van der Waals surface area contributed by atoms with E-state index in [1.54, 1.807) is 6.92 Å². The van der Waals surface area contributed by atoms with Gasteiger partial charge in [-0.05, 0) is 50.6 Å².